The number of halogens is 1. The molecule has 1 saturated heterocycles. The molecule has 1 amide bonds. The first-order chi connectivity index (χ1) is 10.0. The molecule has 1 aromatic carbocycles. The molecule has 0 aliphatic carbocycles. The fourth-order valence-electron chi connectivity index (χ4n) is 2.76. The molecule has 4 nitrogen and oxygen atoms in total. The predicted octanol–water partition coefficient (Wildman–Crippen LogP) is 2.79. The number of carbonyl (C=O) groups is 1. The summed E-state index contributed by atoms with van der Waals surface area (Å²) < 4.78 is 1.14. The summed E-state index contributed by atoms with van der Waals surface area (Å²) in [6.45, 7) is 10.3. The highest BCUT2D eigenvalue weighted by Gasteiger charge is 2.19. The standard InChI is InChI=1S/C16H24BrN3O/c1-4-18-12(2)15-6-5-14(11-16(15)17)20-9-7-19(8-10-20)13(3)21/h5-6,11-12,18H,4,7-10H2,1-3H3. The zero-order valence-electron chi connectivity index (χ0n) is 13.0. The van der Waals surface area contributed by atoms with E-state index in [0.29, 0.717) is 6.04 Å². The Morgan fingerprint density at radius 2 is 2.00 bits per heavy atom. The Bertz CT molecular complexity index is 498. The summed E-state index contributed by atoms with van der Waals surface area (Å²) in [5.41, 5.74) is 2.50. The third-order valence-electron chi connectivity index (χ3n) is 4.05. The molecule has 1 atom stereocenters. The van der Waals surface area contributed by atoms with Gasteiger partial charge in [0.2, 0.25) is 5.91 Å². The topological polar surface area (TPSA) is 35.6 Å². The lowest BCUT2D eigenvalue weighted by atomic mass is 10.1. The minimum atomic E-state index is 0.172. The van der Waals surface area contributed by atoms with Gasteiger partial charge in [0.1, 0.15) is 0 Å². The van der Waals surface area contributed by atoms with Crippen LogP contribution in [-0.2, 0) is 4.79 Å². The van der Waals surface area contributed by atoms with E-state index in [1.54, 1.807) is 6.92 Å². The van der Waals surface area contributed by atoms with Crippen molar-refractivity contribution < 1.29 is 4.79 Å². The Balaban J connectivity index is 2.05. The molecule has 0 saturated carbocycles. The summed E-state index contributed by atoms with van der Waals surface area (Å²) in [4.78, 5) is 15.6. The summed E-state index contributed by atoms with van der Waals surface area (Å²) in [6, 6.07) is 6.89. The molecule has 0 radical (unpaired) electrons. The van der Waals surface area contributed by atoms with Crippen molar-refractivity contribution in [1.29, 1.82) is 0 Å². The smallest absolute Gasteiger partial charge is 0.219 e. The second-order valence-electron chi connectivity index (χ2n) is 5.48. The summed E-state index contributed by atoms with van der Waals surface area (Å²) in [5, 5.41) is 3.43. The average molecular weight is 354 g/mol. The van der Waals surface area contributed by atoms with Crippen molar-refractivity contribution in [2.75, 3.05) is 37.6 Å². The fourth-order valence-corrected chi connectivity index (χ4v) is 3.47. The van der Waals surface area contributed by atoms with E-state index >= 15 is 0 Å². The molecule has 1 aliphatic rings. The molecule has 1 N–H and O–H groups in total. The number of benzene rings is 1. The summed E-state index contributed by atoms with van der Waals surface area (Å²) >= 11 is 3.69. The van der Waals surface area contributed by atoms with Crippen molar-refractivity contribution in [2.24, 2.45) is 0 Å². The van der Waals surface area contributed by atoms with Crippen molar-refractivity contribution in [1.82, 2.24) is 10.2 Å². The van der Waals surface area contributed by atoms with Crippen LogP contribution in [-0.4, -0.2) is 43.5 Å². The van der Waals surface area contributed by atoms with Gasteiger partial charge in [0, 0.05) is 49.3 Å². The number of piperazine rings is 1. The van der Waals surface area contributed by atoms with Crippen LogP contribution in [0.4, 0.5) is 5.69 Å². The number of nitrogens with zero attached hydrogens (tertiary/aromatic N) is 2. The second-order valence-corrected chi connectivity index (χ2v) is 6.33. The van der Waals surface area contributed by atoms with E-state index in [1.807, 2.05) is 4.90 Å². The minimum Gasteiger partial charge on any atom is -0.368 e. The van der Waals surface area contributed by atoms with Crippen LogP contribution in [0.25, 0.3) is 0 Å². The lowest BCUT2D eigenvalue weighted by Gasteiger charge is -2.36. The highest BCUT2D eigenvalue weighted by molar-refractivity contribution is 9.10. The second kappa shape index (κ2) is 7.27. The molecule has 0 bridgehead atoms. The molecule has 1 heterocycles. The molecule has 5 heteroatoms. The van der Waals surface area contributed by atoms with Gasteiger partial charge in [-0.15, -0.1) is 0 Å². The van der Waals surface area contributed by atoms with Crippen molar-refractivity contribution in [3.05, 3.63) is 28.2 Å². The number of anilines is 1. The van der Waals surface area contributed by atoms with Gasteiger partial charge < -0.3 is 15.1 Å². The zero-order chi connectivity index (χ0) is 15.4. The molecule has 0 spiro atoms. The maximum Gasteiger partial charge on any atom is 0.219 e. The Kier molecular flexibility index (Phi) is 5.65. The average Bonchev–Trinajstić information content (AvgIpc) is 2.47. The first-order valence-electron chi connectivity index (χ1n) is 7.56. The van der Waals surface area contributed by atoms with Crippen molar-refractivity contribution >= 4 is 27.5 Å². The summed E-state index contributed by atoms with van der Waals surface area (Å²) in [7, 11) is 0. The molecular formula is C16H24BrN3O. The van der Waals surface area contributed by atoms with Crippen LogP contribution >= 0.6 is 15.9 Å². The van der Waals surface area contributed by atoms with E-state index in [1.165, 1.54) is 11.3 Å². The van der Waals surface area contributed by atoms with Gasteiger partial charge in [-0.3, -0.25) is 4.79 Å². The third kappa shape index (κ3) is 3.98. The number of rotatable bonds is 4. The summed E-state index contributed by atoms with van der Waals surface area (Å²) in [6.07, 6.45) is 0. The number of carbonyl (C=O) groups excluding carboxylic acids is 1. The van der Waals surface area contributed by atoms with Gasteiger partial charge in [-0.2, -0.15) is 0 Å². The van der Waals surface area contributed by atoms with Gasteiger partial charge in [-0.1, -0.05) is 28.9 Å². The van der Waals surface area contributed by atoms with Crippen molar-refractivity contribution in [3.8, 4) is 0 Å². The van der Waals surface area contributed by atoms with E-state index in [9.17, 15) is 4.79 Å². The van der Waals surface area contributed by atoms with Gasteiger partial charge in [0.25, 0.3) is 0 Å². The molecule has 1 aromatic rings. The van der Waals surface area contributed by atoms with Gasteiger partial charge in [-0.05, 0) is 31.2 Å². The number of hydrogen-bond acceptors (Lipinski definition) is 3. The Hall–Kier alpha value is -1.07. The SMILES string of the molecule is CCNC(C)c1ccc(N2CCN(C(C)=O)CC2)cc1Br. The molecule has 21 heavy (non-hydrogen) atoms. The van der Waals surface area contributed by atoms with Gasteiger partial charge >= 0.3 is 0 Å². The van der Waals surface area contributed by atoms with Gasteiger partial charge in [-0.25, -0.2) is 0 Å². The number of nitrogens with one attached hydrogen (secondary N) is 1. The van der Waals surface area contributed by atoms with E-state index < -0.39 is 0 Å². The highest BCUT2D eigenvalue weighted by atomic mass is 79.9. The number of hydrogen-bond donors (Lipinski definition) is 1. The maximum absolute atomic E-state index is 11.4. The van der Waals surface area contributed by atoms with Gasteiger partial charge in [0.15, 0.2) is 0 Å². The van der Waals surface area contributed by atoms with E-state index in [0.717, 1.165) is 37.2 Å². The molecule has 1 aliphatic heterocycles. The van der Waals surface area contributed by atoms with Crippen LogP contribution in [0.3, 0.4) is 0 Å². The normalized spacial score (nSPS) is 17.0. The van der Waals surface area contributed by atoms with Crippen LogP contribution in [0.1, 0.15) is 32.4 Å². The monoisotopic (exact) mass is 353 g/mol. The van der Waals surface area contributed by atoms with Crippen LogP contribution in [0.5, 0.6) is 0 Å². The van der Waals surface area contributed by atoms with Gasteiger partial charge in [0.05, 0.1) is 0 Å². The first-order valence-corrected chi connectivity index (χ1v) is 8.35. The van der Waals surface area contributed by atoms with Crippen molar-refractivity contribution in [2.45, 2.75) is 26.8 Å². The van der Waals surface area contributed by atoms with Crippen molar-refractivity contribution in [3.63, 3.8) is 0 Å². The van der Waals surface area contributed by atoms with E-state index in [-0.39, 0.29) is 5.91 Å². The fraction of sp³-hybridized carbons (Fsp3) is 0.562. The highest BCUT2D eigenvalue weighted by Crippen LogP contribution is 2.28. The van der Waals surface area contributed by atoms with Crippen LogP contribution in [0, 0.1) is 0 Å². The Morgan fingerprint density at radius 3 is 2.52 bits per heavy atom. The molecule has 0 aromatic heterocycles. The zero-order valence-corrected chi connectivity index (χ0v) is 14.6. The first kappa shape index (κ1) is 16.3. The Morgan fingerprint density at radius 1 is 1.33 bits per heavy atom. The maximum atomic E-state index is 11.4. The molecule has 2 rings (SSSR count). The third-order valence-corrected chi connectivity index (χ3v) is 4.74. The minimum absolute atomic E-state index is 0.172. The quantitative estimate of drug-likeness (QED) is 0.903. The predicted molar refractivity (Wildman–Crippen MR) is 90.7 cm³/mol. The van der Waals surface area contributed by atoms with Crippen LogP contribution in [0.15, 0.2) is 22.7 Å². The summed E-state index contributed by atoms with van der Waals surface area (Å²) in [5.74, 6) is 0.172. The number of amides is 1. The van der Waals surface area contributed by atoms with Crippen LogP contribution < -0.4 is 10.2 Å². The molecule has 1 unspecified atom stereocenters. The van der Waals surface area contributed by atoms with E-state index in [2.05, 4.69) is 58.2 Å². The van der Waals surface area contributed by atoms with Crippen LogP contribution in [0.2, 0.25) is 0 Å². The van der Waals surface area contributed by atoms with E-state index in [4.69, 9.17) is 0 Å². The molecular weight excluding hydrogens is 330 g/mol. The lowest BCUT2D eigenvalue weighted by Crippen LogP contribution is -2.48. The largest absolute Gasteiger partial charge is 0.368 e. The Labute approximate surface area is 135 Å². The molecule has 116 valence electrons. The lowest BCUT2D eigenvalue weighted by molar-refractivity contribution is -0.129. The molecule has 1 fully saturated rings.